The summed E-state index contributed by atoms with van der Waals surface area (Å²) in [5, 5.41) is 8.23. The maximum Gasteiger partial charge on any atom is 0.573 e. The van der Waals surface area contributed by atoms with Gasteiger partial charge in [0.05, 0.1) is 6.20 Å². The SMILES string of the molecule is CCCCCCCCCc1ncc(-c2ccc(OC(F)(F)F)cc2)nn1. The van der Waals surface area contributed by atoms with Crippen LogP contribution in [0.1, 0.15) is 57.7 Å². The fourth-order valence-electron chi connectivity index (χ4n) is 2.61. The Hall–Kier alpha value is -2.18. The normalized spacial score (nSPS) is 11.5. The van der Waals surface area contributed by atoms with Crippen LogP contribution in [0.3, 0.4) is 0 Å². The van der Waals surface area contributed by atoms with E-state index in [4.69, 9.17) is 0 Å². The number of hydrogen-bond acceptors (Lipinski definition) is 4. The summed E-state index contributed by atoms with van der Waals surface area (Å²) in [6, 6.07) is 5.50. The molecular formula is C19H24F3N3O. The molecule has 1 aromatic heterocycles. The summed E-state index contributed by atoms with van der Waals surface area (Å²) < 4.78 is 40.3. The highest BCUT2D eigenvalue weighted by Crippen LogP contribution is 2.25. The van der Waals surface area contributed by atoms with Gasteiger partial charge in [0.1, 0.15) is 11.4 Å². The molecule has 2 rings (SSSR count). The molecule has 0 aliphatic heterocycles. The van der Waals surface area contributed by atoms with Crippen molar-refractivity contribution in [2.45, 2.75) is 64.7 Å². The topological polar surface area (TPSA) is 47.9 Å². The number of benzene rings is 1. The maximum atomic E-state index is 12.2. The molecule has 0 radical (unpaired) electrons. The Balaban J connectivity index is 1.79. The van der Waals surface area contributed by atoms with Gasteiger partial charge in [0.2, 0.25) is 0 Å². The van der Waals surface area contributed by atoms with E-state index in [1.54, 1.807) is 6.20 Å². The number of hydrogen-bond donors (Lipinski definition) is 0. The number of rotatable bonds is 10. The van der Waals surface area contributed by atoms with Crippen molar-refractivity contribution in [3.8, 4) is 17.0 Å². The Morgan fingerprint density at radius 3 is 2.12 bits per heavy atom. The molecule has 2 aromatic rings. The minimum Gasteiger partial charge on any atom is -0.406 e. The first-order chi connectivity index (χ1) is 12.5. The van der Waals surface area contributed by atoms with Gasteiger partial charge in [-0.3, -0.25) is 0 Å². The van der Waals surface area contributed by atoms with Crippen LogP contribution in [0.15, 0.2) is 30.5 Å². The van der Waals surface area contributed by atoms with Crippen LogP contribution in [-0.4, -0.2) is 21.5 Å². The van der Waals surface area contributed by atoms with Crippen molar-refractivity contribution in [2.24, 2.45) is 0 Å². The molecule has 7 heteroatoms. The second kappa shape index (κ2) is 10.1. The lowest BCUT2D eigenvalue weighted by atomic mass is 10.1. The molecule has 0 aliphatic rings. The molecule has 0 saturated heterocycles. The lowest BCUT2D eigenvalue weighted by Crippen LogP contribution is -2.16. The highest BCUT2D eigenvalue weighted by atomic mass is 19.4. The Kier molecular flexibility index (Phi) is 7.81. The van der Waals surface area contributed by atoms with E-state index < -0.39 is 6.36 Å². The lowest BCUT2D eigenvalue weighted by molar-refractivity contribution is -0.274. The van der Waals surface area contributed by atoms with Crippen LogP contribution in [0.4, 0.5) is 13.2 Å². The van der Waals surface area contributed by atoms with Crippen LogP contribution in [0.5, 0.6) is 5.75 Å². The van der Waals surface area contributed by atoms with Crippen molar-refractivity contribution in [1.82, 2.24) is 15.2 Å². The van der Waals surface area contributed by atoms with E-state index in [9.17, 15) is 13.2 Å². The molecule has 4 nitrogen and oxygen atoms in total. The zero-order valence-corrected chi connectivity index (χ0v) is 14.9. The third kappa shape index (κ3) is 7.37. The highest BCUT2D eigenvalue weighted by molar-refractivity contribution is 5.58. The molecule has 1 aromatic carbocycles. The number of halogens is 3. The highest BCUT2D eigenvalue weighted by Gasteiger charge is 2.30. The summed E-state index contributed by atoms with van der Waals surface area (Å²) >= 11 is 0. The molecule has 0 amide bonds. The van der Waals surface area contributed by atoms with Gasteiger partial charge in [-0.25, -0.2) is 4.98 Å². The van der Waals surface area contributed by atoms with Gasteiger partial charge in [-0.05, 0) is 30.7 Å². The first-order valence-electron chi connectivity index (χ1n) is 9.02. The predicted octanol–water partition coefficient (Wildman–Crippen LogP) is 5.73. The van der Waals surface area contributed by atoms with Crippen LogP contribution in [0.2, 0.25) is 0 Å². The van der Waals surface area contributed by atoms with Crippen LogP contribution < -0.4 is 4.74 Å². The van der Waals surface area contributed by atoms with Gasteiger partial charge in [0, 0.05) is 12.0 Å². The molecular weight excluding hydrogens is 343 g/mol. The van der Waals surface area contributed by atoms with Gasteiger partial charge >= 0.3 is 6.36 Å². The molecule has 0 spiro atoms. The van der Waals surface area contributed by atoms with Crippen molar-refractivity contribution < 1.29 is 17.9 Å². The van der Waals surface area contributed by atoms with Crippen LogP contribution in [-0.2, 0) is 6.42 Å². The number of aryl methyl sites for hydroxylation is 1. The van der Waals surface area contributed by atoms with Crippen molar-refractivity contribution in [1.29, 1.82) is 0 Å². The Morgan fingerprint density at radius 2 is 1.54 bits per heavy atom. The molecule has 142 valence electrons. The van der Waals surface area contributed by atoms with Crippen LogP contribution in [0.25, 0.3) is 11.3 Å². The molecule has 0 fully saturated rings. The van der Waals surface area contributed by atoms with E-state index >= 15 is 0 Å². The van der Waals surface area contributed by atoms with Gasteiger partial charge in [0.15, 0.2) is 5.82 Å². The largest absolute Gasteiger partial charge is 0.573 e. The Morgan fingerprint density at radius 1 is 0.885 bits per heavy atom. The molecule has 0 N–H and O–H groups in total. The first-order valence-corrected chi connectivity index (χ1v) is 9.02. The monoisotopic (exact) mass is 367 g/mol. The Labute approximate surface area is 151 Å². The van der Waals surface area contributed by atoms with E-state index in [0.717, 1.165) is 19.3 Å². The van der Waals surface area contributed by atoms with Gasteiger partial charge in [-0.2, -0.15) is 0 Å². The summed E-state index contributed by atoms with van der Waals surface area (Å²) in [6.45, 7) is 2.21. The summed E-state index contributed by atoms with van der Waals surface area (Å²) in [5.41, 5.74) is 1.16. The average Bonchev–Trinajstić information content (AvgIpc) is 2.61. The number of alkyl halides is 3. The second-order valence-electron chi connectivity index (χ2n) is 6.20. The second-order valence-corrected chi connectivity index (χ2v) is 6.20. The zero-order chi connectivity index (χ0) is 18.8. The molecule has 0 saturated carbocycles. The minimum atomic E-state index is -4.69. The molecule has 0 atom stereocenters. The summed E-state index contributed by atoms with van der Waals surface area (Å²) in [6.07, 6.45) is 6.27. The average molecular weight is 367 g/mol. The van der Waals surface area contributed by atoms with E-state index in [0.29, 0.717) is 17.1 Å². The van der Waals surface area contributed by atoms with Gasteiger partial charge in [-0.15, -0.1) is 23.4 Å². The van der Waals surface area contributed by atoms with Crippen molar-refractivity contribution in [3.63, 3.8) is 0 Å². The molecule has 0 bridgehead atoms. The summed E-state index contributed by atoms with van der Waals surface area (Å²) in [5.74, 6) is 0.428. The smallest absolute Gasteiger partial charge is 0.406 e. The van der Waals surface area contributed by atoms with Gasteiger partial charge in [-0.1, -0.05) is 45.4 Å². The third-order valence-electron chi connectivity index (χ3n) is 4.00. The predicted molar refractivity (Wildman–Crippen MR) is 93.6 cm³/mol. The zero-order valence-electron chi connectivity index (χ0n) is 14.9. The van der Waals surface area contributed by atoms with E-state index in [-0.39, 0.29) is 5.75 Å². The maximum absolute atomic E-state index is 12.2. The minimum absolute atomic E-state index is 0.266. The summed E-state index contributed by atoms with van der Waals surface area (Å²) in [4.78, 5) is 4.30. The molecule has 0 aliphatic carbocycles. The van der Waals surface area contributed by atoms with E-state index in [1.165, 1.54) is 56.4 Å². The third-order valence-corrected chi connectivity index (χ3v) is 4.00. The van der Waals surface area contributed by atoms with E-state index in [1.807, 2.05) is 0 Å². The fraction of sp³-hybridized carbons (Fsp3) is 0.526. The van der Waals surface area contributed by atoms with Crippen LogP contribution in [0, 0.1) is 0 Å². The molecule has 0 unspecified atom stereocenters. The fourth-order valence-corrected chi connectivity index (χ4v) is 2.61. The number of ether oxygens (including phenoxy) is 1. The van der Waals surface area contributed by atoms with E-state index in [2.05, 4.69) is 26.8 Å². The Bertz CT molecular complexity index is 643. The number of nitrogens with zero attached hydrogens (tertiary/aromatic N) is 3. The van der Waals surface area contributed by atoms with Crippen molar-refractivity contribution >= 4 is 0 Å². The van der Waals surface area contributed by atoms with Crippen LogP contribution >= 0.6 is 0 Å². The van der Waals surface area contributed by atoms with Gasteiger partial charge in [0.25, 0.3) is 0 Å². The summed E-state index contributed by atoms with van der Waals surface area (Å²) in [7, 11) is 0. The van der Waals surface area contributed by atoms with Crippen molar-refractivity contribution in [2.75, 3.05) is 0 Å². The molecule has 26 heavy (non-hydrogen) atoms. The number of unbranched alkanes of at least 4 members (excludes halogenated alkanes) is 6. The first kappa shape index (κ1) is 20.1. The van der Waals surface area contributed by atoms with Gasteiger partial charge < -0.3 is 4.74 Å². The van der Waals surface area contributed by atoms with Crippen molar-refractivity contribution in [3.05, 3.63) is 36.3 Å². The standard InChI is InChI=1S/C19H24F3N3O/c1-2-3-4-5-6-7-8-9-18-23-14-17(24-25-18)15-10-12-16(13-11-15)26-19(20,21)22/h10-14H,2-9H2,1H3. The lowest BCUT2D eigenvalue weighted by Gasteiger charge is -2.09. The molecule has 1 heterocycles. The number of aromatic nitrogens is 3. The quantitative estimate of drug-likeness (QED) is 0.503.